The van der Waals surface area contributed by atoms with E-state index in [1.54, 1.807) is 16.8 Å². The normalized spacial score (nSPS) is 11.7. The summed E-state index contributed by atoms with van der Waals surface area (Å²) >= 11 is 0. The lowest BCUT2D eigenvalue weighted by molar-refractivity contribution is 0.0690. The number of aromatic carboxylic acids is 1. The molecular formula is C11H14N4O2. The fourth-order valence-electron chi connectivity index (χ4n) is 1.50. The van der Waals surface area contributed by atoms with Crippen LogP contribution in [0.2, 0.25) is 0 Å². The van der Waals surface area contributed by atoms with E-state index in [1.165, 1.54) is 6.07 Å². The van der Waals surface area contributed by atoms with Gasteiger partial charge in [0, 0.05) is 17.7 Å². The van der Waals surface area contributed by atoms with Crippen LogP contribution in [0.1, 0.15) is 31.3 Å². The Labute approximate surface area is 98.3 Å². The molecule has 0 aliphatic rings. The molecule has 17 heavy (non-hydrogen) atoms. The average Bonchev–Trinajstić information content (AvgIpc) is 2.62. The van der Waals surface area contributed by atoms with Crippen molar-refractivity contribution in [1.29, 1.82) is 0 Å². The van der Waals surface area contributed by atoms with Gasteiger partial charge in [0.15, 0.2) is 11.3 Å². The molecule has 0 unspecified atom stereocenters. The second-order valence-corrected chi connectivity index (χ2v) is 4.81. The first kappa shape index (κ1) is 11.4. The number of nitrogens with one attached hydrogen (secondary N) is 1. The molecule has 0 amide bonds. The first-order valence-electron chi connectivity index (χ1n) is 5.23. The van der Waals surface area contributed by atoms with Gasteiger partial charge in [-0.15, -0.1) is 0 Å². The van der Waals surface area contributed by atoms with Crippen LogP contribution in [0.3, 0.4) is 0 Å². The Balaban J connectivity index is 2.58. The highest BCUT2D eigenvalue weighted by Crippen LogP contribution is 2.17. The van der Waals surface area contributed by atoms with Crippen molar-refractivity contribution in [3.63, 3.8) is 0 Å². The number of carboxylic acid groups (broad SMARTS) is 1. The third kappa shape index (κ3) is 2.35. The Morgan fingerprint density at radius 2 is 2.18 bits per heavy atom. The number of hydrogen-bond donors (Lipinski definition) is 2. The molecule has 0 saturated heterocycles. The molecule has 2 N–H and O–H groups in total. The van der Waals surface area contributed by atoms with Gasteiger partial charge in [-0.3, -0.25) is 0 Å². The van der Waals surface area contributed by atoms with E-state index in [0.29, 0.717) is 11.5 Å². The Kier molecular flexibility index (Phi) is 2.49. The number of rotatable bonds is 2. The summed E-state index contributed by atoms with van der Waals surface area (Å²) in [6.07, 6.45) is 1.59. The number of aromatic nitrogens is 3. The van der Waals surface area contributed by atoms with Gasteiger partial charge in [0.2, 0.25) is 0 Å². The minimum atomic E-state index is -1.05. The lowest BCUT2D eigenvalue weighted by Gasteiger charge is -2.22. The van der Waals surface area contributed by atoms with Gasteiger partial charge < -0.3 is 10.4 Å². The summed E-state index contributed by atoms with van der Waals surface area (Å²) in [4.78, 5) is 15.0. The Morgan fingerprint density at radius 1 is 1.47 bits per heavy atom. The van der Waals surface area contributed by atoms with E-state index < -0.39 is 5.97 Å². The Bertz CT molecular complexity index is 568. The predicted molar refractivity (Wildman–Crippen MR) is 63.3 cm³/mol. The number of anilines is 1. The Hall–Kier alpha value is -2.11. The highest BCUT2D eigenvalue weighted by molar-refractivity contribution is 5.87. The zero-order valence-electron chi connectivity index (χ0n) is 9.93. The van der Waals surface area contributed by atoms with E-state index in [4.69, 9.17) is 5.11 Å². The molecule has 6 heteroatoms. The van der Waals surface area contributed by atoms with Crippen molar-refractivity contribution in [1.82, 2.24) is 14.6 Å². The van der Waals surface area contributed by atoms with Crippen LogP contribution in [0.15, 0.2) is 18.3 Å². The van der Waals surface area contributed by atoms with Crippen molar-refractivity contribution >= 4 is 17.4 Å². The summed E-state index contributed by atoms with van der Waals surface area (Å²) < 4.78 is 1.58. The van der Waals surface area contributed by atoms with Crippen LogP contribution in [-0.4, -0.2) is 31.2 Å². The standard InChI is InChI=1S/C11H14N4O2/c1-11(2,3)14-9-6-7(10(16)17)13-8-4-5-12-15(8)9/h4-6,14H,1-3H3,(H,16,17). The van der Waals surface area contributed by atoms with Crippen molar-refractivity contribution in [3.8, 4) is 0 Å². The second kappa shape index (κ2) is 3.73. The van der Waals surface area contributed by atoms with Crippen LogP contribution in [0, 0.1) is 0 Å². The van der Waals surface area contributed by atoms with Gasteiger partial charge in [-0.25, -0.2) is 9.78 Å². The van der Waals surface area contributed by atoms with Crippen LogP contribution < -0.4 is 5.32 Å². The molecule has 0 bridgehead atoms. The molecule has 0 aliphatic carbocycles. The molecular weight excluding hydrogens is 220 g/mol. The quantitative estimate of drug-likeness (QED) is 0.825. The zero-order valence-corrected chi connectivity index (χ0v) is 9.93. The van der Waals surface area contributed by atoms with Crippen molar-refractivity contribution in [2.45, 2.75) is 26.3 Å². The molecule has 90 valence electrons. The van der Waals surface area contributed by atoms with Gasteiger partial charge in [0.1, 0.15) is 5.82 Å². The topological polar surface area (TPSA) is 79.5 Å². The van der Waals surface area contributed by atoms with Gasteiger partial charge in [0.05, 0.1) is 6.20 Å². The third-order valence-corrected chi connectivity index (χ3v) is 2.08. The van der Waals surface area contributed by atoms with Crippen LogP contribution in [0.25, 0.3) is 5.65 Å². The maximum Gasteiger partial charge on any atom is 0.354 e. The monoisotopic (exact) mass is 234 g/mol. The number of hydrogen-bond acceptors (Lipinski definition) is 4. The Morgan fingerprint density at radius 3 is 2.76 bits per heavy atom. The lowest BCUT2D eigenvalue weighted by atomic mass is 10.1. The van der Waals surface area contributed by atoms with Crippen molar-refractivity contribution in [2.75, 3.05) is 5.32 Å². The van der Waals surface area contributed by atoms with E-state index >= 15 is 0 Å². The first-order chi connectivity index (χ1) is 7.87. The van der Waals surface area contributed by atoms with E-state index in [9.17, 15) is 4.79 Å². The molecule has 0 saturated carbocycles. The molecule has 6 nitrogen and oxygen atoms in total. The van der Waals surface area contributed by atoms with Gasteiger partial charge in [-0.2, -0.15) is 9.61 Å². The lowest BCUT2D eigenvalue weighted by Crippen LogP contribution is -2.28. The van der Waals surface area contributed by atoms with Crippen molar-refractivity contribution in [3.05, 3.63) is 24.0 Å². The molecule has 2 aromatic rings. The summed E-state index contributed by atoms with van der Waals surface area (Å²) in [7, 11) is 0. The number of carboxylic acids is 1. The van der Waals surface area contributed by atoms with Crippen LogP contribution >= 0.6 is 0 Å². The minimum absolute atomic E-state index is 0.00440. The molecule has 2 rings (SSSR count). The number of carbonyl (C=O) groups is 1. The van der Waals surface area contributed by atoms with Gasteiger partial charge >= 0.3 is 5.97 Å². The summed E-state index contributed by atoms with van der Waals surface area (Å²) in [5, 5.41) is 16.3. The maximum atomic E-state index is 11.0. The van der Waals surface area contributed by atoms with E-state index in [1.807, 2.05) is 20.8 Å². The fourth-order valence-corrected chi connectivity index (χ4v) is 1.50. The van der Waals surface area contributed by atoms with Gasteiger partial charge in [0.25, 0.3) is 0 Å². The van der Waals surface area contributed by atoms with Crippen LogP contribution in [-0.2, 0) is 0 Å². The molecule has 2 heterocycles. The van der Waals surface area contributed by atoms with Crippen LogP contribution in [0.4, 0.5) is 5.82 Å². The number of fused-ring (bicyclic) bond motifs is 1. The van der Waals surface area contributed by atoms with Gasteiger partial charge in [-0.05, 0) is 20.8 Å². The second-order valence-electron chi connectivity index (χ2n) is 4.81. The molecule has 0 aliphatic heterocycles. The largest absolute Gasteiger partial charge is 0.477 e. The van der Waals surface area contributed by atoms with E-state index in [2.05, 4.69) is 15.4 Å². The van der Waals surface area contributed by atoms with Crippen molar-refractivity contribution < 1.29 is 9.90 Å². The maximum absolute atomic E-state index is 11.0. The van der Waals surface area contributed by atoms with Crippen LogP contribution in [0.5, 0.6) is 0 Å². The highest BCUT2D eigenvalue weighted by Gasteiger charge is 2.16. The number of nitrogens with zero attached hydrogens (tertiary/aromatic N) is 3. The summed E-state index contributed by atoms with van der Waals surface area (Å²) in [5.41, 5.74) is 0.331. The molecule has 2 aromatic heterocycles. The van der Waals surface area contributed by atoms with Gasteiger partial charge in [-0.1, -0.05) is 0 Å². The van der Waals surface area contributed by atoms with E-state index in [-0.39, 0.29) is 11.2 Å². The molecule has 0 aromatic carbocycles. The van der Waals surface area contributed by atoms with E-state index in [0.717, 1.165) is 0 Å². The predicted octanol–water partition coefficient (Wildman–Crippen LogP) is 1.64. The minimum Gasteiger partial charge on any atom is -0.477 e. The zero-order chi connectivity index (χ0) is 12.6. The third-order valence-electron chi connectivity index (χ3n) is 2.08. The molecule has 0 atom stereocenters. The highest BCUT2D eigenvalue weighted by atomic mass is 16.4. The molecule has 0 spiro atoms. The van der Waals surface area contributed by atoms with Crippen molar-refractivity contribution in [2.24, 2.45) is 0 Å². The SMILES string of the molecule is CC(C)(C)Nc1cc(C(=O)O)nc2ccnn12. The summed E-state index contributed by atoms with van der Waals surface area (Å²) in [5.74, 6) is -0.435. The summed E-state index contributed by atoms with van der Waals surface area (Å²) in [6, 6.07) is 3.15. The molecule has 0 fully saturated rings. The smallest absolute Gasteiger partial charge is 0.354 e. The average molecular weight is 234 g/mol. The summed E-state index contributed by atoms with van der Waals surface area (Å²) in [6.45, 7) is 5.97. The first-order valence-corrected chi connectivity index (χ1v) is 5.23. The molecule has 0 radical (unpaired) electrons. The fraction of sp³-hybridized carbons (Fsp3) is 0.364.